The second-order valence-corrected chi connectivity index (χ2v) is 6.91. The van der Waals surface area contributed by atoms with Crippen molar-refractivity contribution in [3.63, 3.8) is 0 Å². The topological polar surface area (TPSA) is 56.0 Å². The molecule has 1 saturated heterocycles. The first-order valence-corrected chi connectivity index (χ1v) is 8.79. The zero-order valence-electron chi connectivity index (χ0n) is 14.7. The van der Waals surface area contributed by atoms with Crippen molar-refractivity contribution in [2.24, 2.45) is 7.05 Å². The lowest BCUT2D eigenvalue weighted by atomic mass is 9.96. The molecule has 130 valence electrons. The van der Waals surface area contributed by atoms with Crippen LogP contribution in [0.3, 0.4) is 0 Å². The molecule has 0 saturated carbocycles. The van der Waals surface area contributed by atoms with Crippen molar-refractivity contribution >= 4 is 16.8 Å². The number of amides is 1. The van der Waals surface area contributed by atoms with Gasteiger partial charge in [0, 0.05) is 43.2 Å². The molecule has 0 radical (unpaired) electrons. The standard InChI is InChI=1S/C19H23N5O/c1-14-11-24(17-6-4-3-5-16(14)17)12-18(25)23-9-7-15(8-10-23)19-21-20-13-22(19)2/h3-6,11,13,15H,7-10,12H2,1-2H3. The first-order valence-electron chi connectivity index (χ1n) is 8.79. The molecule has 25 heavy (non-hydrogen) atoms. The molecule has 1 amide bonds. The molecule has 3 heterocycles. The van der Waals surface area contributed by atoms with Crippen LogP contribution < -0.4 is 0 Å². The van der Waals surface area contributed by atoms with E-state index in [1.807, 2.05) is 28.6 Å². The molecule has 0 bridgehead atoms. The quantitative estimate of drug-likeness (QED) is 0.738. The van der Waals surface area contributed by atoms with E-state index in [1.54, 1.807) is 6.33 Å². The minimum atomic E-state index is 0.192. The van der Waals surface area contributed by atoms with Gasteiger partial charge in [0.05, 0.1) is 0 Å². The molecule has 6 nitrogen and oxygen atoms in total. The van der Waals surface area contributed by atoms with Crippen LogP contribution in [0.25, 0.3) is 10.9 Å². The van der Waals surface area contributed by atoms with E-state index >= 15 is 0 Å². The van der Waals surface area contributed by atoms with Gasteiger partial charge in [-0.3, -0.25) is 4.79 Å². The molecule has 6 heteroatoms. The third-order valence-corrected chi connectivity index (χ3v) is 5.25. The largest absolute Gasteiger partial charge is 0.341 e. The second kappa shape index (κ2) is 6.35. The van der Waals surface area contributed by atoms with Crippen LogP contribution in [0.2, 0.25) is 0 Å². The third-order valence-electron chi connectivity index (χ3n) is 5.25. The SMILES string of the molecule is Cc1cn(CC(=O)N2CCC(c3nncn3C)CC2)c2ccccc12. The average Bonchev–Trinajstić information content (AvgIpc) is 3.19. The third kappa shape index (κ3) is 2.92. The molecule has 0 spiro atoms. The Bertz CT molecular complexity index is 902. The fourth-order valence-electron chi connectivity index (χ4n) is 3.86. The Morgan fingerprint density at radius 3 is 2.72 bits per heavy atom. The van der Waals surface area contributed by atoms with E-state index in [0.29, 0.717) is 12.5 Å². The first kappa shape index (κ1) is 15.9. The molecule has 1 fully saturated rings. The Labute approximate surface area is 147 Å². The summed E-state index contributed by atoms with van der Waals surface area (Å²) in [5.74, 6) is 1.61. The van der Waals surface area contributed by atoms with Crippen LogP contribution in [0.15, 0.2) is 36.8 Å². The molecular weight excluding hydrogens is 314 g/mol. The summed E-state index contributed by atoms with van der Waals surface area (Å²) in [4.78, 5) is 14.7. The summed E-state index contributed by atoms with van der Waals surface area (Å²) in [6, 6.07) is 8.25. The lowest BCUT2D eigenvalue weighted by molar-refractivity contribution is -0.132. The number of hydrogen-bond acceptors (Lipinski definition) is 3. The summed E-state index contributed by atoms with van der Waals surface area (Å²) in [6.45, 7) is 4.07. The average molecular weight is 337 g/mol. The van der Waals surface area contributed by atoms with Crippen molar-refractivity contribution in [3.05, 3.63) is 48.2 Å². The maximum atomic E-state index is 12.8. The number of nitrogens with zero attached hydrogens (tertiary/aromatic N) is 5. The van der Waals surface area contributed by atoms with Gasteiger partial charge in [0.25, 0.3) is 0 Å². The van der Waals surface area contributed by atoms with E-state index in [4.69, 9.17) is 0 Å². The second-order valence-electron chi connectivity index (χ2n) is 6.91. The van der Waals surface area contributed by atoms with Gasteiger partial charge in [0.2, 0.25) is 5.91 Å². The number of benzene rings is 1. The van der Waals surface area contributed by atoms with Gasteiger partial charge in [0.1, 0.15) is 18.7 Å². The van der Waals surface area contributed by atoms with Gasteiger partial charge in [-0.2, -0.15) is 0 Å². The maximum Gasteiger partial charge on any atom is 0.242 e. The molecule has 1 aromatic carbocycles. The lowest BCUT2D eigenvalue weighted by Crippen LogP contribution is -2.40. The number of rotatable bonds is 3. The van der Waals surface area contributed by atoms with Crippen molar-refractivity contribution in [1.82, 2.24) is 24.2 Å². The van der Waals surface area contributed by atoms with E-state index in [0.717, 1.165) is 37.3 Å². The minimum Gasteiger partial charge on any atom is -0.341 e. The molecule has 4 rings (SSSR count). The van der Waals surface area contributed by atoms with Crippen LogP contribution in [-0.4, -0.2) is 43.2 Å². The number of piperidine rings is 1. The Balaban J connectivity index is 1.43. The zero-order chi connectivity index (χ0) is 17.4. The Hall–Kier alpha value is -2.63. The highest BCUT2D eigenvalue weighted by molar-refractivity contribution is 5.86. The smallest absolute Gasteiger partial charge is 0.242 e. The molecule has 2 aromatic heterocycles. The summed E-state index contributed by atoms with van der Waals surface area (Å²) in [5.41, 5.74) is 2.34. The molecule has 0 atom stereocenters. The van der Waals surface area contributed by atoms with Gasteiger partial charge in [-0.05, 0) is 31.4 Å². The Morgan fingerprint density at radius 2 is 2.00 bits per heavy atom. The zero-order valence-corrected chi connectivity index (χ0v) is 14.7. The molecule has 0 unspecified atom stereocenters. The molecule has 3 aromatic rings. The monoisotopic (exact) mass is 337 g/mol. The predicted molar refractivity (Wildman–Crippen MR) is 96.2 cm³/mol. The molecule has 0 aliphatic carbocycles. The van der Waals surface area contributed by atoms with Crippen LogP contribution in [-0.2, 0) is 18.4 Å². The molecule has 1 aliphatic rings. The van der Waals surface area contributed by atoms with E-state index in [2.05, 4.69) is 40.0 Å². The van der Waals surface area contributed by atoms with Gasteiger partial charge in [-0.15, -0.1) is 10.2 Å². The highest BCUT2D eigenvalue weighted by atomic mass is 16.2. The summed E-state index contributed by atoms with van der Waals surface area (Å²) < 4.78 is 4.05. The highest BCUT2D eigenvalue weighted by Gasteiger charge is 2.26. The highest BCUT2D eigenvalue weighted by Crippen LogP contribution is 2.26. The fourth-order valence-corrected chi connectivity index (χ4v) is 3.86. The fraction of sp³-hybridized carbons (Fsp3) is 0.421. The van der Waals surface area contributed by atoms with Crippen LogP contribution in [0, 0.1) is 6.92 Å². The van der Waals surface area contributed by atoms with Gasteiger partial charge in [-0.1, -0.05) is 18.2 Å². The van der Waals surface area contributed by atoms with Crippen molar-refractivity contribution < 1.29 is 4.79 Å². The number of fused-ring (bicyclic) bond motifs is 1. The number of hydrogen-bond donors (Lipinski definition) is 0. The number of carbonyl (C=O) groups excluding carboxylic acids is 1. The van der Waals surface area contributed by atoms with Crippen molar-refractivity contribution in [1.29, 1.82) is 0 Å². The number of para-hydroxylation sites is 1. The van der Waals surface area contributed by atoms with Crippen molar-refractivity contribution in [2.75, 3.05) is 13.1 Å². The Kier molecular flexibility index (Phi) is 4.03. The van der Waals surface area contributed by atoms with Gasteiger partial charge in [0.15, 0.2) is 0 Å². The van der Waals surface area contributed by atoms with Crippen LogP contribution >= 0.6 is 0 Å². The summed E-state index contributed by atoms with van der Waals surface area (Å²) >= 11 is 0. The van der Waals surface area contributed by atoms with E-state index in [9.17, 15) is 4.79 Å². The summed E-state index contributed by atoms with van der Waals surface area (Å²) in [5, 5.41) is 9.41. The van der Waals surface area contributed by atoms with E-state index in [1.165, 1.54) is 10.9 Å². The van der Waals surface area contributed by atoms with Crippen LogP contribution in [0.1, 0.15) is 30.1 Å². The first-order chi connectivity index (χ1) is 12.1. The van der Waals surface area contributed by atoms with Crippen LogP contribution in [0.5, 0.6) is 0 Å². The Morgan fingerprint density at radius 1 is 1.24 bits per heavy atom. The number of aromatic nitrogens is 4. The van der Waals surface area contributed by atoms with E-state index < -0.39 is 0 Å². The molecule has 1 aliphatic heterocycles. The minimum absolute atomic E-state index is 0.192. The summed E-state index contributed by atoms with van der Waals surface area (Å²) in [7, 11) is 1.98. The number of aryl methyl sites for hydroxylation is 2. The summed E-state index contributed by atoms with van der Waals surface area (Å²) in [6.07, 6.45) is 5.72. The number of likely N-dealkylation sites (tertiary alicyclic amines) is 1. The van der Waals surface area contributed by atoms with Crippen molar-refractivity contribution in [3.8, 4) is 0 Å². The lowest BCUT2D eigenvalue weighted by Gasteiger charge is -2.31. The number of carbonyl (C=O) groups is 1. The van der Waals surface area contributed by atoms with Gasteiger partial charge >= 0.3 is 0 Å². The van der Waals surface area contributed by atoms with Crippen LogP contribution in [0.4, 0.5) is 0 Å². The molecule has 0 N–H and O–H groups in total. The normalized spacial score (nSPS) is 15.8. The van der Waals surface area contributed by atoms with E-state index in [-0.39, 0.29) is 5.91 Å². The predicted octanol–water partition coefficient (Wildman–Crippen LogP) is 2.48. The van der Waals surface area contributed by atoms with Crippen molar-refractivity contribution in [2.45, 2.75) is 32.2 Å². The van der Waals surface area contributed by atoms with Gasteiger partial charge < -0.3 is 14.0 Å². The van der Waals surface area contributed by atoms with Gasteiger partial charge in [-0.25, -0.2) is 0 Å². The molecular formula is C19H23N5O. The maximum absolute atomic E-state index is 12.8.